The second-order valence-corrected chi connectivity index (χ2v) is 4.11. The number of rotatable bonds is 4. The largest absolute Gasteiger partial charge is 0.478 e. The van der Waals surface area contributed by atoms with Crippen LogP contribution in [0.15, 0.2) is 54.6 Å². The molecule has 3 nitrogen and oxygen atoms in total. The zero-order chi connectivity index (χ0) is 13.7. The first-order valence-electron chi connectivity index (χ1n) is 5.90. The Kier molecular flexibility index (Phi) is 3.98. The first kappa shape index (κ1) is 12.9. The van der Waals surface area contributed by atoms with Crippen LogP contribution in [-0.4, -0.2) is 11.1 Å². The average molecular weight is 254 g/mol. The maximum Gasteiger partial charge on any atom is 0.328 e. The maximum absolute atomic E-state index is 10.5. The van der Waals surface area contributed by atoms with E-state index in [1.807, 2.05) is 55.5 Å². The van der Waals surface area contributed by atoms with E-state index in [-0.39, 0.29) is 0 Å². The lowest BCUT2D eigenvalue weighted by molar-refractivity contribution is -0.131. The number of benzene rings is 2. The molecular weight excluding hydrogens is 240 g/mol. The quantitative estimate of drug-likeness (QED) is 0.842. The van der Waals surface area contributed by atoms with E-state index in [1.54, 1.807) is 6.08 Å². The van der Waals surface area contributed by atoms with E-state index in [0.29, 0.717) is 0 Å². The van der Waals surface area contributed by atoms with Crippen LogP contribution in [0.2, 0.25) is 0 Å². The molecule has 0 radical (unpaired) electrons. The van der Waals surface area contributed by atoms with Crippen molar-refractivity contribution in [1.82, 2.24) is 0 Å². The zero-order valence-corrected chi connectivity index (χ0v) is 10.5. The number of hydrogen-bond donors (Lipinski definition) is 1. The molecule has 0 aliphatic carbocycles. The molecule has 2 rings (SSSR count). The van der Waals surface area contributed by atoms with E-state index in [0.717, 1.165) is 28.7 Å². The van der Waals surface area contributed by atoms with E-state index >= 15 is 0 Å². The Morgan fingerprint density at radius 1 is 1.16 bits per heavy atom. The molecule has 0 bridgehead atoms. The standard InChI is InChI=1S/C16H14O3/c1-12-7-8-13(9-10-16(17)18)11-15(12)19-14-5-3-2-4-6-14/h2-11H,1H3,(H,17,18)/b10-9+. The van der Waals surface area contributed by atoms with Crippen molar-refractivity contribution in [3.63, 3.8) is 0 Å². The Morgan fingerprint density at radius 2 is 1.89 bits per heavy atom. The van der Waals surface area contributed by atoms with Gasteiger partial charge >= 0.3 is 5.97 Å². The molecule has 0 fully saturated rings. The van der Waals surface area contributed by atoms with Gasteiger partial charge in [-0.1, -0.05) is 30.3 Å². The summed E-state index contributed by atoms with van der Waals surface area (Å²) >= 11 is 0. The summed E-state index contributed by atoms with van der Waals surface area (Å²) in [5.74, 6) is 0.509. The van der Waals surface area contributed by atoms with Crippen molar-refractivity contribution in [3.05, 3.63) is 65.7 Å². The van der Waals surface area contributed by atoms with Gasteiger partial charge in [-0.15, -0.1) is 0 Å². The normalized spacial score (nSPS) is 10.6. The number of carbonyl (C=O) groups is 1. The molecule has 3 heteroatoms. The third kappa shape index (κ3) is 3.71. The molecule has 96 valence electrons. The molecule has 0 aliphatic rings. The smallest absolute Gasteiger partial charge is 0.328 e. The van der Waals surface area contributed by atoms with Crippen molar-refractivity contribution in [2.75, 3.05) is 0 Å². The molecule has 2 aromatic carbocycles. The Morgan fingerprint density at radius 3 is 2.58 bits per heavy atom. The highest BCUT2D eigenvalue weighted by atomic mass is 16.5. The molecule has 2 aromatic rings. The van der Waals surface area contributed by atoms with E-state index in [4.69, 9.17) is 9.84 Å². The topological polar surface area (TPSA) is 46.5 Å². The number of para-hydroxylation sites is 1. The summed E-state index contributed by atoms with van der Waals surface area (Å²) < 4.78 is 5.78. The van der Waals surface area contributed by atoms with Crippen molar-refractivity contribution in [2.45, 2.75) is 6.92 Å². The number of ether oxygens (including phenoxy) is 1. The van der Waals surface area contributed by atoms with Gasteiger partial charge in [-0.2, -0.15) is 0 Å². The van der Waals surface area contributed by atoms with Gasteiger partial charge in [0.1, 0.15) is 11.5 Å². The van der Waals surface area contributed by atoms with Crippen molar-refractivity contribution in [1.29, 1.82) is 0 Å². The van der Waals surface area contributed by atoms with Gasteiger partial charge < -0.3 is 9.84 Å². The molecule has 0 atom stereocenters. The van der Waals surface area contributed by atoms with E-state index in [1.165, 1.54) is 0 Å². The minimum atomic E-state index is -0.967. The summed E-state index contributed by atoms with van der Waals surface area (Å²) in [5, 5.41) is 8.62. The van der Waals surface area contributed by atoms with Crippen LogP contribution >= 0.6 is 0 Å². The summed E-state index contributed by atoms with van der Waals surface area (Å²) in [5.41, 5.74) is 1.79. The van der Waals surface area contributed by atoms with E-state index < -0.39 is 5.97 Å². The minimum absolute atomic E-state index is 0.721. The summed E-state index contributed by atoms with van der Waals surface area (Å²) in [7, 11) is 0. The van der Waals surface area contributed by atoms with Gasteiger partial charge in [-0.25, -0.2) is 4.79 Å². The van der Waals surface area contributed by atoms with Gasteiger partial charge in [0.2, 0.25) is 0 Å². The fourth-order valence-corrected chi connectivity index (χ4v) is 1.61. The molecule has 19 heavy (non-hydrogen) atoms. The van der Waals surface area contributed by atoms with Crippen LogP contribution in [0.3, 0.4) is 0 Å². The fourth-order valence-electron chi connectivity index (χ4n) is 1.61. The summed E-state index contributed by atoms with van der Waals surface area (Å²) in [6, 6.07) is 15.1. The highest BCUT2D eigenvalue weighted by Gasteiger charge is 2.02. The number of aryl methyl sites for hydroxylation is 1. The van der Waals surface area contributed by atoms with Crippen LogP contribution in [0.5, 0.6) is 11.5 Å². The third-order valence-electron chi connectivity index (χ3n) is 2.60. The minimum Gasteiger partial charge on any atom is -0.478 e. The van der Waals surface area contributed by atoms with Crippen LogP contribution in [0.1, 0.15) is 11.1 Å². The van der Waals surface area contributed by atoms with Crippen molar-refractivity contribution >= 4 is 12.0 Å². The number of hydrogen-bond acceptors (Lipinski definition) is 2. The molecule has 0 unspecified atom stereocenters. The van der Waals surface area contributed by atoms with Crippen molar-refractivity contribution < 1.29 is 14.6 Å². The summed E-state index contributed by atoms with van der Waals surface area (Å²) in [6.07, 6.45) is 2.65. The maximum atomic E-state index is 10.5. The van der Waals surface area contributed by atoms with Gasteiger partial charge in [0.15, 0.2) is 0 Å². The monoisotopic (exact) mass is 254 g/mol. The predicted molar refractivity (Wildman–Crippen MR) is 74.4 cm³/mol. The zero-order valence-electron chi connectivity index (χ0n) is 10.5. The van der Waals surface area contributed by atoms with E-state index in [2.05, 4.69) is 0 Å². The molecule has 0 aromatic heterocycles. The molecule has 0 saturated carbocycles. The van der Waals surface area contributed by atoms with Gasteiger partial charge in [0.05, 0.1) is 0 Å². The first-order valence-corrected chi connectivity index (χ1v) is 5.90. The van der Waals surface area contributed by atoms with Gasteiger partial charge in [-0.3, -0.25) is 0 Å². The van der Waals surface area contributed by atoms with Crippen LogP contribution in [-0.2, 0) is 4.79 Å². The Hall–Kier alpha value is -2.55. The van der Waals surface area contributed by atoms with Gasteiger partial charge in [0.25, 0.3) is 0 Å². The molecule has 0 spiro atoms. The molecule has 0 heterocycles. The fraction of sp³-hybridized carbons (Fsp3) is 0.0625. The molecule has 0 aliphatic heterocycles. The third-order valence-corrected chi connectivity index (χ3v) is 2.60. The molecule has 0 saturated heterocycles. The van der Waals surface area contributed by atoms with Crippen LogP contribution in [0.25, 0.3) is 6.08 Å². The highest BCUT2D eigenvalue weighted by molar-refractivity contribution is 5.85. The van der Waals surface area contributed by atoms with Crippen LogP contribution in [0.4, 0.5) is 0 Å². The number of aliphatic carboxylic acids is 1. The Balaban J connectivity index is 2.25. The Labute approximate surface area is 111 Å². The number of carboxylic acid groups (broad SMARTS) is 1. The number of carboxylic acids is 1. The van der Waals surface area contributed by atoms with Gasteiger partial charge in [-0.05, 0) is 42.3 Å². The second-order valence-electron chi connectivity index (χ2n) is 4.11. The summed E-state index contributed by atoms with van der Waals surface area (Å²) in [6.45, 7) is 1.95. The van der Waals surface area contributed by atoms with Crippen LogP contribution in [0, 0.1) is 6.92 Å². The lowest BCUT2D eigenvalue weighted by Gasteiger charge is -2.09. The van der Waals surface area contributed by atoms with Crippen molar-refractivity contribution in [3.8, 4) is 11.5 Å². The SMILES string of the molecule is Cc1ccc(/C=C/C(=O)O)cc1Oc1ccccc1. The first-order chi connectivity index (χ1) is 9.15. The Bertz CT molecular complexity index is 601. The molecular formula is C16H14O3. The summed E-state index contributed by atoms with van der Waals surface area (Å²) in [4.78, 5) is 10.5. The average Bonchev–Trinajstić information content (AvgIpc) is 2.41. The van der Waals surface area contributed by atoms with Crippen LogP contribution < -0.4 is 4.74 Å². The lowest BCUT2D eigenvalue weighted by atomic mass is 10.1. The molecule has 1 N–H and O–H groups in total. The lowest BCUT2D eigenvalue weighted by Crippen LogP contribution is -1.89. The predicted octanol–water partition coefficient (Wildman–Crippen LogP) is 3.89. The van der Waals surface area contributed by atoms with Gasteiger partial charge in [0, 0.05) is 6.08 Å². The highest BCUT2D eigenvalue weighted by Crippen LogP contribution is 2.26. The second kappa shape index (κ2) is 5.87. The van der Waals surface area contributed by atoms with E-state index in [9.17, 15) is 4.79 Å². The van der Waals surface area contributed by atoms with Crippen molar-refractivity contribution in [2.24, 2.45) is 0 Å². The molecule has 0 amide bonds.